The van der Waals surface area contributed by atoms with Gasteiger partial charge in [-0.15, -0.1) is 24.0 Å². The highest BCUT2D eigenvalue weighted by Crippen LogP contribution is 2.14. The zero-order valence-electron chi connectivity index (χ0n) is 14.9. The number of amides is 1. The second-order valence-electron chi connectivity index (χ2n) is 5.93. The molecule has 1 amide bonds. The Labute approximate surface area is 176 Å². The van der Waals surface area contributed by atoms with Crippen LogP contribution >= 0.6 is 35.6 Å². The van der Waals surface area contributed by atoms with E-state index in [0.717, 1.165) is 22.5 Å². The summed E-state index contributed by atoms with van der Waals surface area (Å²) in [4.78, 5) is 16.1. The Balaban J connectivity index is 0.00000338. The van der Waals surface area contributed by atoms with Crippen molar-refractivity contribution in [3.05, 3.63) is 58.6 Å². The molecule has 0 aliphatic carbocycles. The molecule has 0 saturated carbocycles. The van der Waals surface area contributed by atoms with Gasteiger partial charge in [0.25, 0.3) is 0 Å². The molecule has 2 aromatic rings. The van der Waals surface area contributed by atoms with Crippen LogP contribution in [0.5, 0.6) is 0 Å². The van der Waals surface area contributed by atoms with Gasteiger partial charge in [0.15, 0.2) is 5.96 Å². The maximum atomic E-state index is 11.9. The van der Waals surface area contributed by atoms with Gasteiger partial charge < -0.3 is 16.4 Å². The first-order valence-corrected chi connectivity index (χ1v) is 8.51. The molecule has 4 N–H and O–H groups in total. The Hall–Kier alpha value is -1.80. The minimum absolute atomic E-state index is 0. The molecule has 0 radical (unpaired) electrons. The number of halogens is 2. The number of nitrogens with zero attached hydrogens (tertiary/aromatic N) is 1. The number of rotatable bonds is 6. The molecule has 140 valence electrons. The number of anilines is 2. The second-order valence-corrected chi connectivity index (χ2v) is 6.36. The van der Waals surface area contributed by atoms with Crippen LogP contribution in [0.2, 0.25) is 5.02 Å². The lowest BCUT2D eigenvalue weighted by atomic mass is 10.1. The van der Waals surface area contributed by atoms with Gasteiger partial charge in [-0.25, -0.2) is 0 Å². The van der Waals surface area contributed by atoms with Crippen molar-refractivity contribution in [2.45, 2.75) is 26.7 Å². The van der Waals surface area contributed by atoms with Crippen molar-refractivity contribution in [1.82, 2.24) is 0 Å². The van der Waals surface area contributed by atoms with E-state index in [9.17, 15) is 4.79 Å². The number of nitrogens with two attached hydrogens (primary N) is 1. The molecule has 0 aliphatic rings. The van der Waals surface area contributed by atoms with Crippen LogP contribution in [0.25, 0.3) is 0 Å². The molecule has 0 aromatic heterocycles. The zero-order valence-corrected chi connectivity index (χ0v) is 18.0. The standard InChI is InChI=1S/C19H23ClN4O.HI/c1-13-10-14(2)12-17(11-13)24-19(21)22-9-3-4-18(25)23-16-7-5-15(20)6-8-16;/h5-8,10-12H,3-4,9H2,1-2H3,(H,23,25)(H3,21,22,24);1H. The Morgan fingerprint density at radius 2 is 1.65 bits per heavy atom. The number of carbonyl (C=O) groups excluding carboxylic acids is 1. The van der Waals surface area contributed by atoms with Crippen LogP contribution in [-0.2, 0) is 4.79 Å². The van der Waals surface area contributed by atoms with Gasteiger partial charge in [-0.05, 0) is 67.8 Å². The first-order chi connectivity index (χ1) is 11.9. The van der Waals surface area contributed by atoms with Gasteiger partial charge in [-0.2, -0.15) is 0 Å². The lowest BCUT2D eigenvalue weighted by Gasteiger charge is -2.08. The van der Waals surface area contributed by atoms with E-state index in [-0.39, 0.29) is 29.9 Å². The molecule has 0 heterocycles. The summed E-state index contributed by atoms with van der Waals surface area (Å²) in [5.41, 5.74) is 9.86. The Morgan fingerprint density at radius 1 is 1.04 bits per heavy atom. The Morgan fingerprint density at radius 3 is 2.27 bits per heavy atom. The SMILES string of the molecule is Cc1cc(C)cc(NC(N)=NCCCC(=O)Nc2ccc(Cl)cc2)c1.I. The fourth-order valence-electron chi connectivity index (χ4n) is 2.43. The van der Waals surface area contributed by atoms with Crippen LogP contribution in [0, 0.1) is 13.8 Å². The number of hydrogen-bond donors (Lipinski definition) is 3. The molecule has 0 fully saturated rings. The van der Waals surface area contributed by atoms with Crippen molar-refractivity contribution < 1.29 is 4.79 Å². The molecule has 0 bridgehead atoms. The van der Waals surface area contributed by atoms with E-state index in [1.54, 1.807) is 24.3 Å². The van der Waals surface area contributed by atoms with E-state index in [1.807, 2.05) is 26.0 Å². The van der Waals surface area contributed by atoms with Crippen LogP contribution in [0.4, 0.5) is 11.4 Å². The summed E-state index contributed by atoms with van der Waals surface area (Å²) in [6, 6.07) is 13.1. The monoisotopic (exact) mass is 486 g/mol. The van der Waals surface area contributed by atoms with Crippen molar-refractivity contribution in [2.75, 3.05) is 17.2 Å². The second kappa shape index (κ2) is 11.0. The molecule has 5 nitrogen and oxygen atoms in total. The molecule has 2 aromatic carbocycles. The largest absolute Gasteiger partial charge is 0.370 e. The normalized spacial score (nSPS) is 10.8. The minimum atomic E-state index is -0.0571. The average Bonchev–Trinajstić information content (AvgIpc) is 2.53. The Kier molecular flexibility index (Phi) is 9.43. The van der Waals surface area contributed by atoms with Gasteiger partial charge in [0.1, 0.15) is 0 Å². The predicted octanol–water partition coefficient (Wildman–Crippen LogP) is 4.72. The highest BCUT2D eigenvalue weighted by Gasteiger charge is 2.02. The highest BCUT2D eigenvalue weighted by molar-refractivity contribution is 14.0. The zero-order chi connectivity index (χ0) is 18.2. The third kappa shape index (κ3) is 8.05. The Bertz CT molecular complexity index is 742. The lowest BCUT2D eigenvalue weighted by Crippen LogP contribution is -2.23. The van der Waals surface area contributed by atoms with Crippen molar-refractivity contribution in [1.29, 1.82) is 0 Å². The molecule has 0 atom stereocenters. The minimum Gasteiger partial charge on any atom is -0.370 e. The van der Waals surface area contributed by atoms with Gasteiger partial charge in [0, 0.05) is 29.4 Å². The van der Waals surface area contributed by atoms with Crippen molar-refractivity contribution in [2.24, 2.45) is 10.7 Å². The van der Waals surface area contributed by atoms with E-state index in [2.05, 4.69) is 21.7 Å². The van der Waals surface area contributed by atoms with Gasteiger partial charge in [0.2, 0.25) is 5.91 Å². The molecule has 2 rings (SSSR count). The molecular formula is C19H24ClIN4O. The van der Waals surface area contributed by atoms with Gasteiger partial charge in [-0.3, -0.25) is 9.79 Å². The molecular weight excluding hydrogens is 463 g/mol. The molecule has 0 aliphatic heterocycles. The third-order valence-corrected chi connectivity index (χ3v) is 3.72. The summed E-state index contributed by atoms with van der Waals surface area (Å²) >= 11 is 5.81. The summed E-state index contributed by atoms with van der Waals surface area (Å²) in [7, 11) is 0. The van der Waals surface area contributed by atoms with E-state index in [0.29, 0.717) is 30.4 Å². The third-order valence-electron chi connectivity index (χ3n) is 3.47. The van der Waals surface area contributed by atoms with Gasteiger partial charge in [-0.1, -0.05) is 17.7 Å². The van der Waals surface area contributed by atoms with Crippen LogP contribution in [0.15, 0.2) is 47.5 Å². The summed E-state index contributed by atoms with van der Waals surface area (Å²) in [5.74, 6) is 0.293. The first-order valence-electron chi connectivity index (χ1n) is 8.13. The smallest absolute Gasteiger partial charge is 0.224 e. The van der Waals surface area contributed by atoms with Crippen LogP contribution in [0.1, 0.15) is 24.0 Å². The molecule has 0 saturated heterocycles. The molecule has 0 unspecified atom stereocenters. The molecule has 26 heavy (non-hydrogen) atoms. The average molecular weight is 487 g/mol. The number of carbonyl (C=O) groups is 1. The highest BCUT2D eigenvalue weighted by atomic mass is 127. The number of nitrogens with one attached hydrogen (secondary N) is 2. The molecule has 7 heteroatoms. The number of hydrogen-bond acceptors (Lipinski definition) is 2. The number of benzene rings is 2. The maximum Gasteiger partial charge on any atom is 0.224 e. The predicted molar refractivity (Wildman–Crippen MR) is 121 cm³/mol. The van der Waals surface area contributed by atoms with Crippen LogP contribution in [0.3, 0.4) is 0 Å². The van der Waals surface area contributed by atoms with E-state index >= 15 is 0 Å². The van der Waals surface area contributed by atoms with Crippen LogP contribution in [-0.4, -0.2) is 18.4 Å². The number of guanidine groups is 1. The van der Waals surface area contributed by atoms with E-state index < -0.39 is 0 Å². The maximum absolute atomic E-state index is 11.9. The topological polar surface area (TPSA) is 79.5 Å². The first kappa shape index (κ1) is 22.2. The fraction of sp³-hybridized carbons (Fsp3) is 0.263. The number of aryl methyl sites for hydroxylation is 2. The summed E-state index contributed by atoms with van der Waals surface area (Å²) in [5, 5.41) is 6.53. The van der Waals surface area contributed by atoms with Crippen LogP contribution < -0.4 is 16.4 Å². The number of aliphatic imine (C=N–C) groups is 1. The van der Waals surface area contributed by atoms with Gasteiger partial charge in [0.05, 0.1) is 0 Å². The van der Waals surface area contributed by atoms with Crippen molar-refractivity contribution >= 4 is 58.8 Å². The fourth-order valence-corrected chi connectivity index (χ4v) is 2.56. The summed E-state index contributed by atoms with van der Waals surface area (Å²) in [6.45, 7) is 4.55. The van der Waals surface area contributed by atoms with Crippen molar-refractivity contribution in [3.63, 3.8) is 0 Å². The van der Waals surface area contributed by atoms with Crippen molar-refractivity contribution in [3.8, 4) is 0 Å². The quantitative estimate of drug-likeness (QED) is 0.239. The van der Waals surface area contributed by atoms with E-state index in [4.69, 9.17) is 17.3 Å². The summed E-state index contributed by atoms with van der Waals surface area (Å²) < 4.78 is 0. The van der Waals surface area contributed by atoms with Gasteiger partial charge >= 0.3 is 0 Å². The summed E-state index contributed by atoms with van der Waals surface area (Å²) in [6.07, 6.45) is 0.998. The molecule has 0 spiro atoms. The van der Waals surface area contributed by atoms with E-state index in [1.165, 1.54) is 0 Å². The lowest BCUT2D eigenvalue weighted by molar-refractivity contribution is -0.116.